The molecule has 0 rings (SSSR count). The highest BCUT2D eigenvalue weighted by molar-refractivity contribution is 5.69. The zero-order valence-corrected chi connectivity index (χ0v) is 14.1. The van der Waals surface area contributed by atoms with E-state index in [1.54, 1.807) is 0 Å². The van der Waals surface area contributed by atoms with Crippen molar-refractivity contribution in [3.05, 3.63) is 0 Å². The van der Waals surface area contributed by atoms with Crippen molar-refractivity contribution in [1.29, 1.82) is 0 Å². The smallest absolute Gasteiger partial charge is 0.306 e. The van der Waals surface area contributed by atoms with Crippen LogP contribution in [-0.2, 0) is 9.53 Å². The van der Waals surface area contributed by atoms with Crippen LogP contribution in [0.25, 0.3) is 0 Å². The molecule has 2 heteroatoms. The lowest BCUT2D eigenvalue weighted by Gasteiger charge is -2.16. The van der Waals surface area contributed by atoms with E-state index < -0.39 is 0 Å². The van der Waals surface area contributed by atoms with E-state index >= 15 is 0 Å². The lowest BCUT2D eigenvalue weighted by atomic mass is 10.1. The van der Waals surface area contributed by atoms with Gasteiger partial charge in [-0.05, 0) is 25.7 Å². The van der Waals surface area contributed by atoms with Crippen LogP contribution in [0.1, 0.15) is 104 Å². The van der Waals surface area contributed by atoms with E-state index in [4.69, 9.17) is 4.74 Å². The van der Waals surface area contributed by atoms with Gasteiger partial charge in [0.1, 0.15) is 6.10 Å². The van der Waals surface area contributed by atoms with Gasteiger partial charge in [-0.2, -0.15) is 0 Å². The maximum atomic E-state index is 11.8. The van der Waals surface area contributed by atoms with E-state index in [-0.39, 0.29) is 12.1 Å². The predicted molar refractivity (Wildman–Crippen MR) is 86.9 cm³/mol. The first kappa shape index (κ1) is 19.5. The summed E-state index contributed by atoms with van der Waals surface area (Å²) >= 11 is 0. The first-order chi connectivity index (χ1) is 9.74. The van der Waals surface area contributed by atoms with E-state index in [2.05, 4.69) is 20.8 Å². The van der Waals surface area contributed by atoms with Crippen molar-refractivity contribution in [2.24, 2.45) is 0 Å². The number of carbonyl (C=O) groups is 1. The Bertz CT molecular complexity index is 213. The van der Waals surface area contributed by atoms with Crippen LogP contribution in [-0.4, -0.2) is 12.1 Å². The molecule has 0 saturated heterocycles. The van der Waals surface area contributed by atoms with Crippen LogP contribution >= 0.6 is 0 Å². The van der Waals surface area contributed by atoms with Crippen molar-refractivity contribution < 1.29 is 9.53 Å². The Labute approximate surface area is 126 Å². The van der Waals surface area contributed by atoms with Gasteiger partial charge in [-0.25, -0.2) is 0 Å². The van der Waals surface area contributed by atoms with E-state index in [0.29, 0.717) is 6.42 Å². The van der Waals surface area contributed by atoms with E-state index in [9.17, 15) is 4.79 Å². The quantitative estimate of drug-likeness (QED) is 0.287. The number of unbranched alkanes of at least 4 members (excludes halogenated alkanes) is 8. The second-order valence-electron chi connectivity index (χ2n) is 5.89. The third-order valence-electron chi connectivity index (χ3n) is 3.87. The van der Waals surface area contributed by atoms with E-state index in [1.165, 1.54) is 51.4 Å². The van der Waals surface area contributed by atoms with Crippen LogP contribution in [0.15, 0.2) is 0 Å². The summed E-state index contributed by atoms with van der Waals surface area (Å²) < 4.78 is 5.57. The highest BCUT2D eigenvalue weighted by atomic mass is 16.5. The molecule has 0 aliphatic heterocycles. The Morgan fingerprint density at radius 1 is 0.800 bits per heavy atom. The summed E-state index contributed by atoms with van der Waals surface area (Å²) in [5.41, 5.74) is 0. The highest BCUT2D eigenvalue weighted by Crippen LogP contribution is 2.13. The van der Waals surface area contributed by atoms with Crippen LogP contribution < -0.4 is 0 Å². The van der Waals surface area contributed by atoms with Crippen LogP contribution in [0.4, 0.5) is 0 Å². The number of esters is 1. The fourth-order valence-corrected chi connectivity index (χ4v) is 2.44. The van der Waals surface area contributed by atoms with Crippen LogP contribution in [0.3, 0.4) is 0 Å². The normalized spacial score (nSPS) is 12.3. The molecule has 0 heterocycles. The number of rotatable bonds is 14. The Hall–Kier alpha value is -0.530. The number of hydrogen-bond acceptors (Lipinski definition) is 2. The van der Waals surface area contributed by atoms with E-state index in [1.807, 2.05) is 0 Å². The summed E-state index contributed by atoms with van der Waals surface area (Å²) in [5, 5.41) is 0. The molecule has 0 radical (unpaired) electrons. The standard InChI is InChI=1S/C18H36O2/c1-4-7-9-11-13-15-17(6-3)20-18(19)16-14-12-10-8-5-2/h17H,4-16H2,1-3H3. The molecule has 120 valence electrons. The van der Waals surface area contributed by atoms with Crippen molar-refractivity contribution >= 4 is 5.97 Å². The molecule has 1 atom stereocenters. The maximum absolute atomic E-state index is 11.8. The van der Waals surface area contributed by atoms with Gasteiger partial charge in [0.15, 0.2) is 0 Å². The van der Waals surface area contributed by atoms with Gasteiger partial charge in [0.25, 0.3) is 0 Å². The first-order valence-corrected chi connectivity index (χ1v) is 8.94. The average molecular weight is 284 g/mol. The van der Waals surface area contributed by atoms with Crippen LogP contribution in [0.2, 0.25) is 0 Å². The molecule has 20 heavy (non-hydrogen) atoms. The Morgan fingerprint density at radius 2 is 1.35 bits per heavy atom. The molecular weight excluding hydrogens is 248 g/mol. The SMILES string of the molecule is CCCCCCCC(=O)OC(CC)CCCCCCC. The molecule has 0 aromatic heterocycles. The van der Waals surface area contributed by atoms with Crippen molar-refractivity contribution in [1.82, 2.24) is 0 Å². The second-order valence-corrected chi connectivity index (χ2v) is 5.89. The summed E-state index contributed by atoms with van der Waals surface area (Å²) in [6.07, 6.45) is 15.1. The van der Waals surface area contributed by atoms with Crippen LogP contribution in [0.5, 0.6) is 0 Å². The molecular formula is C18H36O2. The minimum absolute atomic E-state index is 0.0157. The zero-order chi connectivity index (χ0) is 15.1. The van der Waals surface area contributed by atoms with Gasteiger partial charge in [-0.1, -0.05) is 72.1 Å². The summed E-state index contributed by atoms with van der Waals surface area (Å²) in [6, 6.07) is 0. The van der Waals surface area contributed by atoms with Crippen LogP contribution in [0, 0.1) is 0 Å². The van der Waals surface area contributed by atoms with E-state index in [0.717, 1.165) is 25.7 Å². The summed E-state index contributed by atoms with van der Waals surface area (Å²) in [5.74, 6) is 0.0157. The maximum Gasteiger partial charge on any atom is 0.306 e. The number of carbonyl (C=O) groups excluding carboxylic acids is 1. The van der Waals surface area contributed by atoms with Gasteiger partial charge in [-0.15, -0.1) is 0 Å². The van der Waals surface area contributed by atoms with Crippen molar-refractivity contribution in [2.75, 3.05) is 0 Å². The van der Waals surface area contributed by atoms with Gasteiger partial charge < -0.3 is 4.74 Å². The summed E-state index contributed by atoms with van der Waals surface area (Å²) in [6.45, 7) is 6.56. The number of hydrogen-bond donors (Lipinski definition) is 0. The average Bonchev–Trinajstić information content (AvgIpc) is 2.45. The fraction of sp³-hybridized carbons (Fsp3) is 0.944. The van der Waals surface area contributed by atoms with Gasteiger partial charge in [0.05, 0.1) is 0 Å². The lowest BCUT2D eigenvalue weighted by molar-refractivity contribution is -0.149. The Morgan fingerprint density at radius 3 is 1.90 bits per heavy atom. The minimum Gasteiger partial charge on any atom is -0.462 e. The molecule has 0 N–H and O–H groups in total. The van der Waals surface area contributed by atoms with Crippen molar-refractivity contribution in [3.8, 4) is 0 Å². The Balaban J connectivity index is 3.56. The number of ether oxygens (including phenoxy) is 1. The van der Waals surface area contributed by atoms with Gasteiger partial charge in [-0.3, -0.25) is 4.79 Å². The molecule has 0 amide bonds. The topological polar surface area (TPSA) is 26.3 Å². The second kappa shape index (κ2) is 14.9. The molecule has 0 aromatic carbocycles. The van der Waals surface area contributed by atoms with Gasteiger partial charge in [0, 0.05) is 6.42 Å². The Kier molecular flexibility index (Phi) is 14.5. The third-order valence-corrected chi connectivity index (χ3v) is 3.87. The molecule has 2 nitrogen and oxygen atoms in total. The first-order valence-electron chi connectivity index (χ1n) is 8.94. The predicted octanol–water partition coefficient (Wildman–Crippen LogP) is 6.03. The fourth-order valence-electron chi connectivity index (χ4n) is 2.44. The molecule has 0 saturated carbocycles. The molecule has 0 spiro atoms. The van der Waals surface area contributed by atoms with Gasteiger partial charge >= 0.3 is 5.97 Å². The molecule has 0 aliphatic carbocycles. The third kappa shape index (κ3) is 12.5. The van der Waals surface area contributed by atoms with Crippen molar-refractivity contribution in [2.45, 2.75) is 110 Å². The van der Waals surface area contributed by atoms with Crippen molar-refractivity contribution in [3.63, 3.8) is 0 Å². The summed E-state index contributed by atoms with van der Waals surface area (Å²) in [4.78, 5) is 11.8. The largest absolute Gasteiger partial charge is 0.462 e. The molecule has 0 fully saturated rings. The van der Waals surface area contributed by atoms with Gasteiger partial charge in [0.2, 0.25) is 0 Å². The molecule has 1 unspecified atom stereocenters. The molecule has 0 bridgehead atoms. The lowest BCUT2D eigenvalue weighted by Crippen LogP contribution is -2.17. The molecule has 0 aliphatic rings. The highest BCUT2D eigenvalue weighted by Gasteiger charge is 2.11. The molecule has 0 aromatic rings. The minimum atomic E-state index is 0.0157. The summed E-state index contributed by atoms with van der Waals surface area (Å²) in [7, 11) is 0. The zero-order valence-electron chi connectivity index (χ0n) is 14.1. The monoisotopic (exact) mass is 284 g/mol.